The Kier molecular flexibility index (Phi) is 5.36. The van der Waals surface area contributed by atoms with Crippen LogP contribution in [0.2, 0.25) is 0 Å². The van der Waals surface area contributed by atoms with Crippen molar-refractivity contribution in [1.29, 1.82) is 0 Å². The molecule has 1 atom stereocenters. The van der Waals surface area contributed by atoms with E-state index < -0.39 is 11.9 Å². The predicted octanol–water partition coefficient (Wildman–Crippen LogP) is 1.76. The minimum absolute atomic E-state index is 0.135. The van der Waals surface area contributed by atoms with Gasteiger partial charge in [0, 0.05) is 6.54 Å². The van der Waals surface area contributed by atoms with Crippen molar-refractivity contribution < 1.29 is 14.7 Å². The molecule has 1 aromatic carbocycles. The van der Waals surface area contributed by atoms with E-state index in [1.54, 1.807) is 6.92 Å². The number of hydrogen-bond acceptors (Lipinski definition) is 2. The quantitative estimate of drug-likeness (QED) is 0.807. The zero-order valence-corrected chi connectivity index (χ0v) is 10.8. The molecule has 1 rings (SSSR count). The van der Waals surface area contributed by atoms with Crippen LogP contribution in [-0.2, 0) is 16.0 Å². The fourth-order valence-corrected chi connectivity index (χ4v) is 1.69. The number of amides is 1. The Labute approximate surface area is 107 Å². The van der Waals surface area contributed by atoms with Crippen molar-refractivity contribution in [2.45, 2.75) is 26.7 Å². The van der Waals surface area contributed by atoms with Crippen molar-refractivity contribution in [3.05, 3.63) is 35.4 Å². The number of nitrogens with one attached hydrogen (secondary N) is 1. The second-order valence-corrected chi connectivity index (χ2v) is 4.35. The van der Waals surface area contributed by atoms with Crippen LogP contribution < -0.4 is 5.32 Å². The summed E-state index contributed by atoms with van der Waals surface area (Å²) >= 11 is 0. The lowest BCUT2D eigenvalue weighted by atomic mass is 10.0. The van der Waals surface area contributed by atoms with E-state index in [-0.39, 0.29) is 12.5 Å². The SMILES string of the molecule is CCC(CNC(=O)Cc1ccccc1C)C(=O)O. The smallest absolute Gasteiger partial charge is 0.308 e. The van der Waals surface area contributed by atoms with E-state index in [1.165, 1.54) is 0 Å². The van der Waals surface area contributed by atoms with Crippen molar-refractivity contribution in [3.63, 3.8) is 0 Å². The van der Waals surface area contributed by atoms with Gasteiger partial charge in [0.2, 0.25) is 5.91 Å². The van der Waals surface area contributed by atoms with Crippen molar-refractivity contribution in [3.8, 4) is 0 Å². The predicted molar refractivity (Wildman–Crippen MR) is 69.3 cm³/mol. The zero-order valence-electron chi connectivity index (χ0n) is 10.8. The van der Waals surface area contributed by atoms with Crippen molar-refractivity contribution in [2.75, 3.05) is 6.54 Å². The molecule has 0 saturated heterocycles. The molecule has 0 radical (unpaired) electrons. The average molecular weight is 249 g/mol. The summed E-state index contributed by atoms with van der Waals surface area (Å²) in [6.07, 6.45) is 0.808. The molecule has 2 N–H and O–H groups in total. The Bertz CT molecular complexity index is 429. The van der Waals surface area contributed by atoms with Gasteiger partial charge >= 0.3 is 5.97 Å². The first-order valence-electron chi connectivity index (χ1n) is 6.08. The van der Waals surface area contributed by atoms with Crippen LogP contribution >= 0.6 is 0 Å². The third kappa shape index (κ3) is 4.20. The summed E-state index contributed by atoms with van der Waals surface area (Å²) in [6.45, 7) is 3.94. The van der Waals surface area contributed by atoms with E-state index in [0.717, 1.165) is 11.1 Å². The topological polar surface area (TPSA) is 66.4 Å². The Morgan fingerprint density at radius 3 is 2.56 bits per heavy atom. The Balaban J connectivity index is 2.48. The molecule has 1 aromatic rings. The summed E-state index contributed by atoms with van der Waals surface area (Å²) in [7, 11) is 0. The van der Waals surface area contributed by atoms with E-state index in [9.17, 15) is 9.59 Å². The molecule has 4 heteroatoms. The molecule has 4 nitrogen and oxygen atoms in total. The number of rotatable bonds is 6. The highest BCUT2D eigenvalue weighted by Gasteiger charge is 2.16. The number of benzene rings is 1. The number of carbonyl (C=O) groups is 2. The lowest BCUT2D eigenvalue weighted by Gasteiger charge is -2.11. The monoisotopic (exact) mass is 249 g/mol. The van der Waals surface area contributed by atoms with E-state index in [1.807, 2.05) is 31.2 Å². The van der Waals surface area contributed by atoms with Crippen LogP contribution in [0.5, 0.6) is 0 Å². The maximum Gasteiger partial charge on any atom is 0.308 e. The van der Waals surface area contributed by atoms with Crippen LogP contribution in [0.25, 0.3) is 0 Å². The van der Waals surface area contributed by atoms with Gasteiger partial charge in [-0.3, -0.25) is 9.59 Å². The fraction of sp³-hybridized carbons (Fsp3) is 0.429. The highest BCUT2D eigenvalue weighted by molar-refractivity contribution is 5.79. The highest BCUT2D eigenvalue weighted by atomic mass is 16.4. The molecule has 0 aliphatic heterocycles. The van der Waals surface area contributed by atoms with Crippen LogP contribution in [0.1, 0.15) is 24.5 Å². The number of carboxylic acid groups (broad SMARTS) is 1. The van der Waals surface area contributed by atoms with Crippen LogP contribution in [0.15, 0.2) is 24.3 Å². The van der Waals surface area contributed by atoms with Crippen molar-refractivity contribution in [1.82, 2.24) is 5.32 Å². The summed E-state index contributed by atoms with van der Waals surface area (Å²) in [4.78, 5) is 22.5. The van der Waals surface area contributed by atoms with Crippen LogP contribution in [-0.4, -0.2) is 23.5 Å². The van der Waals surface area contributed by atoms with E-state index in [0.29, 0.717) is 12.8 Å². The largest absolute Gasteiger partial charge is 0.481 e. The summed E-state index contributed by atoms with van der Waals surface area (Å²) in [5, 5.41) is 11.5. The van der Waals surface area contributed by atoms with E-state index in [4.69, 9.17) is 5.11 Å². The number of carbonyl (C=O) groups excluding carboxylic acids is 1. The summed E-state index contributed by atoms with van der Waals surface area (Å²) in [5.41, 5.74) is 2.04. The number of aliphatic carboxylic acids is 1. The normalized spacial score (nSPS) is 11.9. The van der Waals surface area contributed by atoms with Gasteiger partial charge < -0.3 is 10.4 Å². The summed E-state index contributed by atoms with van der Waals surface area (Å²) in [6, 6.07) is 7.67. The van der Waals surface area contributed by atoms with Gasteiger partial charge in [-0.1, -0.05) is 31.2 Å². The molecule has 0 fully saturated rings. The molecule has 1 unspecified atom stereocenters. The Morgan fingerprint density at radius 2 is 2.00 bits per heavy atom. The molecule has 0 heterocycles. The molecule has 0 saturated carbocycles. The number of hydrogen-bond donors (Lipinski definition) is 2. The zero-order chi connectivity index (χ0) is 13.5. The van der Waals surface area contributed by atoms with Crippen LogP contribution in [0.4, 0.5) is 0 Å². The van der Waals surface area contributed by atoms with Gasteiger partial charge in [-0.15, -0.1) is 0 Å². The molecule has 98 valence electrons. The van der Waals surface area contributed by atoms with Crippen LogP contribution in [0, 0.1) is 12.8 Å². The molecule has 0 aliphatic carbocycles. The van der Waals surface area contributed by atoms with E-state index in [2.05, 4.69) is 5.32 Å². The minimum Gasteiger partial charge on any atom is -0.481 e. The molecule has 0 aliphatic rings. The molecule has 0 bridgehead atoms. The second-order valence-electron chi connectivity index (χ2n) is 4.35. The van der Waals surface area contributed by atoms with Crippen molar-refractivity contribution >= 4 is 11.9 Å². The maximum atomic E-state index is 11.7. The number of carboxylic acids is 1. The molecule has 0 aromatic heterocycles. The summed E-state index contributed by atoms with van der Waals surface area (Å²) in [5.74, 6) is -1.51. The molecular formula is C14H19NO3. The lowest BCUT2D eigenvalue weighted by molar-refractivity contribution is -0.141. The Hall–Kier alpha value is -1.84. The van der Waals surface area contributed by atoms with Gasteiger partial charge in [-0.2, -0.15) is 0 Å². The molecule has 0 spiro atoms. The van der Waals surface area contributed by atoms with Gasteiger partial charge in [0.15, 0.2) is 0 Å². The first-order chi connectivity index (χ1) is 8.54. The first-order valence-corrected chi connectivity index (χ1v) is 6.08. The molecule has 1 amide bonds. The minimum atomic E-state index is -0.867. The third-order valence-corrected chi connectivity index (χ3v) is 3.00. The maximum absolute atomic E-state index is 11.7. The molecule has 18 heavy (non-hydrogen) atoms. The van der Waals surface area contributed by atoms with Gasteiger partial charge in [-0.25, -0.2) is 0 Å². The average Bonchev–Trinajstić information content (AvgIpc) is 2.32. The second kappa shape index (κ2) is 6.79. The van der Waals surface area contributed by atoms with Crippen LogP contribution in [0.3, 0.4) is 0 Å². The number of aryl methyl sites for hydroxylation is 1. The highest BCUT2D eigenvalue weighted by Crippen LogP contribution is 2.07. The fourth-order valence-electron chi connectivity index (χ4n) is 1.69. The molecular weight excluding hydrogens is 230 g/mol. The summed E-state index contributed by atoms with van der Waals surface area (Å²) < 4.78 is 0. The van der Waals surface area contributed by atoms with Gasteiger partial charge in [0.25, 0.3) is 0 Å². The van der Waals surface area contributed by atoms with Crippen molar-refractivity contribution in [2.24, 2.45) is 5.92 Å². The first kappa shape index (κ1) is 14.2. The van der Waals surface area contributed by atoms with Gasteiger partial charge in [0.05, 0.1) is 12.3 Å². The third-order valence-electron chi connectivity index (χ3n) is 3.00. The standard InChI is InChI=1S/C14H19NO3/c1-3-11(14(17)18)9-15-13(16)8-12-7-5-4-6-10(12)2/h4-7,11H,3,8-9H2,1-2H3,(H,15,16)(H,17,18). The lowest BCUT2D eigenvalue weighted by Crippen LogP contribution is -2.33. The van der Waals surface area contributed by atoms with Gasteiger partial charge in [0.1, 0.15) is 0 Å². The van der Waals surface area contributed by atoms with Gasteiger partial charge in [-0.05, 0) is 24.5 Å². The Morgan fingerprint density at radius 1 is 1.33 bits per heavy atom. The van der Waals surface area contributed by atoms with E-state index >= 15 is 0 Å².